The van der Waals surface area contributed by atoms with Crippen LogP contribution in [0.25, 0.3) is 0 Å². The van der Waals surface area contributed by atoms with Crippen molar-refractivity contribution in [2.24, 2.45) is 0 Å². The number of aromatic nitrogens is 1. The SMILES string of the molecule is O=C(O)c1ccncc1Oc1c([N+](=O)[O-])ccc(F)c1F. The number of benzene rings is 1. The molecule has 0 radical (unpaired) electrons. The Balaban J connectivity index is 2.57. The van der Waals surface area contributed by atoms with Crippen molar-refractivity contribution in [1.29, 1.82) is 0 Å². The number of carboxylic acids is 1. The molecule has 0 bridgehead atoms. The van der Waals surface area contributed by atoms with Gasteiger partial charge in [0.1, 0.15) is 5.56 Å². The predicted molar refractivity (Wildman–Crippen MR) is 64.3 cm³/mol. The smallest absolute Gasteiger partial charge is 0.339 e. The Morgan fingerprint density at radius 2 is 2.05 bits per heavy atom. The third-order valence-corrected chi connectivity index (χ3v) is 2.45. The normalized spacial score (nSPS) is 10.2. The van der Waals surface area contributed by atoms with Crippen molar-refractivity contribution >= 4 is 11.7 Å². The highest BCUT2D eigenvalue weighted by Gasteiger charge is 2.25. The summed E-state index contributed by atoms with van der Waals surface area (Å²) in [4.78, 5) is 24.4. The molecule has 1 aromatic heterocycles. The second kappa shape index (κ2) is 5.49. The summed E-state index contributed by atoms with van der Waals surface area (Å²) in [5.41, 5.74) is -1.24. The molecule has 0 unspecified atom stereocenters. The summed E-state index contributed by atoms with van der Waals surface area (Å²) in [5.74, 6) is -5.83. The average molecular weight is 296 g/mol. The van der Waals surface area contributed by atoms with E-state index in [-0.39, 0.29) is 0 Å². The molecule has 0 spiro atoms. The lowest BCUT2D eigenvalue weighted by Crippen LogP contribution is -2.03. The van der Waals surface area contributed by atoms with Gasteiger partial charge in [-0.1, -0.05) is 0 Å². The number of pyridine rings is 1. The largest absolute Gasteiger partial charge is 0.478 e. The Morgan fingerprint density at radius 3 is 2.67 bits per heavy atom. The molecule has 7 nitrogen and oxygen atoms in total. The van der Waals surface area contributed by atoms with Crippen molar-refractivity contribution in [3.05, 3.63) is 57.9 Å². The number of carboxylic acid groups (broad SMARTS) is 1. The molecule has 0 aliphatic rings. The van der Waals surface area contributed by atoms with Crippen LogP contribution in [-0.2, 0) is 0 Å². The van der Waals surface area contributed by atoms with E-state index in [1.807, 2.05) is 0 Å². The maximum Gasteiger partial charge on any atom is 0.339 e. The van der Waals surface area contributed by atoms with Crippen molar-refractivity contribution in [2.45, 2.75) is 0 Å². The van der Waals surface area contributed by atoms with Crippen molar-refractivity contribution < 1.29 is 28.3 Å². The third kappa shape index (κ3) is 2.76. The van der Waals surface area contributed by atoms with Crippen LogP contribution in [0.3, 0.4) is 0 Å². The zero-order valence-corrected chi connectivity index (χ0v) is 10.1. The van der Waals surface area contributed by atoms with Gasteiger partial charge >= 0.3 is 11.7 Å². The van der Waals surface area contributed by atoms with Gasteiger partial charge < -0.3 is 9.84 Å². The van der Waals surface area contributed by atoms with E-state index in [1.165, 1.54) is 0 Å². The quantitative estimate of drug-likeness (QED) is 0.687. The van der Waals surface area contributed by atoms with Crippen LogP contribution < -0.4 is 4.74 Å². The molecule has 2 aromatic rings. The second-order valence-corrected chi connectivity index (χ2v) is 3.75. The number of hydrogen-bond acceptors (Lipinski definition) is 5. The molecule has 0 aliphatic carbocycles. The maximum atomic E-state index is 13.7. The summed E-state index contributed by atoms with van der Waals surface area (Å²) in [6, 6.07) is 2.34. The molecule has 21 heavy (non-hydrogen) atoms. The number of aromatic carboxylic acids is 1. The third-order valence-electron chi connectivity index (χ3n) is 2.45. The zero-order chi connectivity index (χ0) is 15.6. The van der Waals surface area contributed by atoms with Crippen molar-refractivity contribution in [3.63, 3.8) is 0 Å². The van der Waals surface area contributed by atoms with Gasteiger partial charge in [0.25, 0.3) is 0 Å². The maximum absolute atomic E-state index is 13.7. The predicted octanol–water partition coefficient (Wildman–Crippen LogP) is 2.76. The summed E-state index contributed by atoms with van der Waals surface area (Å²) in [6.45, 7) is 0. The fourth-order valence-electron chi connectivity index (χ4n) is 1.51. The molecule has 0 saturated carbocycles. The van der Waals surface area contributed by atoms with Crippen LogP contribution in [0.4, 0.5) is 14.5 Å². The molecule has 9 heteroatoms. The lowest BCUT2D eigenvalue weighted by atomic mass is 10.2. The highest BCUT2D eigenvalue weighted by molar-refractivity contribution is 5.90. The van der Waals surface area contributed by atoms with Gasteiger partial charge in [-0.05, 0) is 12.1 Å². The van der Waals surface area contributed by atoms with Gasteiger partial charge in [-0.25, -0.2) is 9.18 Å². The lowest BCUT2D eigenvalue weighted by Gasteiger charge is -2.09. The Kier molecular flexibility index (Phi) is 3.74. The summed E-state index contributed by atoms with van der Waals surface area (Å²) >= 11 is 0. The van der Waals surface area contributed by atoms with E-state index < -0.39 is 45.3 Å². The van der Waals surface area contributed by atoms with Gasteiger partial charge in [0.05, 0.1) is 11.1 Å². The molecule has 1 N–H and O–H groups in total. The molecule has 0 aliphatic heterocycles. The molecule has 0 fully saturated rings. The lowest BCUT2D eigenvalue weighted by molar-refractivity contribution is -0.385. The van der Waals surface area contributed by atoms with Gasteiger partial charge in [-0.3, -0.25) is 15.1 Å². The topological polar surface area (TPSA) is 103 Å². The summed E-state index contributed by atoms with van der Waals surface area (Å²) in [7, 11) is 0. The molecular formula is C12H6F2N2O5. The Hall–Kier alpha value is -3.10. The van der Waals surface area contributed by atoms with E-state index in [0.717, 1.165) is 18.5 Å². The van der Waals surface area contributed by atoms with Crippen LogP contribution >= 0.6 is 0 Å². The van der Waals surface area contributed by atoms with Crippen LogP contribution in [0.2, 0.25) is 0 Å². The molecule has 1 heterocycles. The number of nitro benzene ring substituents is 1. The number of nitrogens with zero attached hydrogens (tertiary/aromatic N) is 2. The van der Waals surface area contributed by atoms with Crippen molar-refractivity contribution in [1.82, 2.24) is 4.98 Å². The first kappa shape index (κ1) is 14.3. The fraction of sp³-hybridized carbons (Fsp3) is 0. The molecular weight excluding hydrogens is 290 g/mol. The Labute approximate surface area is 115 Å². The average Bonchev–Trinajstić information content (AvgIpc) is 2.44. The van der Waals surface area contributed by atoms with E-state index in [9.17, 15) is 23.7 Å². The monoisotopic (exact) mass is 296 g/mol. The van der Waals surface area contributed by atoms with E-state index in [2.05, 4.69) is 4.98 Å². The first-order valence-corrected chi connectivity index (χ1v) is 5.39. The van der Waals surface area contributed by atoms with E-state index >= 15 is 0 Å². The van der Waals surface area contributed by atoms with Crippen molar-refractivity contribution in [3.8, 4) is 11.5 Å². The van der Waals surface area contributed by atoms with Crippen LogP contribution in [0.5, 0.6) is 11.5 Å². The molecule has 2 rings (SSSR count). The van der Waals surface area contributed by atoms with Crippen LogP contribution in [-0.4, -0.2) is 21.0 Å². The number of carbonyl (C=O) groups is 1. The fourth-order valence-corrected chi connectivity index (χ4v) is 1.51. The number of halogens is 2. The second-order valence-electron chi connectivity index (χ2n) is 3.75. The minimum Gasteiger partial charge on any atom is -0.478 e. The number of nitro groups is 1. The van der Waals surface area contributed by atoms with Gasteiger partial charge in [-0.15, -0.1) is 0 Å². The molecule has 108 valence electrons. The van der Waals surface area contributed by atoms with E-state index in [1.54, 1.807) is 0 Å². The Morgan fingerprint density at radius 1 is 1.33 bits per heavy atom. The molecule has 1 aromatic carbocycles. The summed E-state index contributed by atoms with van der Waals surface area (Å²) < 4.78 is 31.7. The van der Waals surface area contributed by atoms with Crippen molar-refractivity contribution in [2.75, 3.05) is 0 Å². The van der Waals surface area contributed by atoms with Gasteiger partial charge in [0.2, 0.25) is 11.6 Å². The minimum atomic E-state index is -1.59. The molecule has 0 atom stereocenters. The standard InChI is InChI=1S/C12H6F2N2O5/c13-7-1-2-8(16(19)20)11(10(7)14)21-9-5-15-4-3-6(9)12(17)18/h1-5H,(H,17,18). The Bertz CT molecular complexity index is 736. The molecule has 0 amide bonds. The van der Waals surface area contributed by atoms with Gasteiger partial charge in [-0.2, -0.15) is 4.39 Å². The minimum absolute atomic E-state index is 0.400. The van der Waals surface area contributed by atoms with Crippen LogP contribution in [0, 0.1) is 21.7 Å². The molecule has 0 saturated heterocycles. The highest BCUT2D eigenvalue weighted by atomic mass is 19.2. The van der Waals surface area contributed by atoms with Gasteiger partial charge in [0.15, 0.2) is 11.6 Å². The van der Waals surface area contributed by atoms with E-state index in [4.69, 9.17) is 9.84 Å². The highest BCUT2D eigenvalue weighted by Crippen LogP contribution is 2.36. The first-order valence-electron chi connectivity index (χ1n) is 5.39. The zero-order valence-electron chi connectivity index (χ0n) is 10.1. The summed E-state index contributed by atoms with van der Waals surface area (Å²) in [5, 5.41) is 19.7. The van der Waals surface area contributed by atoms with Crippen LogP contribution in [0.15, 0.2) is 30.6 Å². The van der Waals surface area contributed by atoms with E-state index in [0.29, 0.717) is 12.1 Å². The van der Waals surface area contributed by atoms with Gasteiger partial charge in [0, 0.05) is 12.3 Å². The number of hydrogen-bond donors (Lipinski definition) is 1. The first-order chi connectivity index (χ1) is 9.91. The summed E-state index contributed by atoms with van der Waals surface area (Å²) in [6.07, 6.45) is 2.07. The number of rotatable bonds is 4. The number of ether oxygens (including phenoxy) is 1. The van der Waals surface area contributed by atoms with Crippen LogP contribution in [0.1, 0.15) is 10.4 Å².